The van der Waals surface area contributed by atoms with E-state index in [1.165, 1.54) is 12.3 Å². The minimum absolute atomic E-state index is 0.0264. The van der Waals surface area contributed by atoms with Gasteiger partial charge in [0.25, 0.3) is 5.91 Å². The van der Waals surface area contributed by atoms with Crippen molar-refractivity contribution >= 4 is 11.7 Å². The van der Waals surface area contributed by atoms with Crippen LogP contribution in [0.5, 0.6) is 0 Å². The maximum Gasteiger partial charge on any atom is 0.351 e. The second kappa shape index (κ2) is 6.91. The zero-order chi connectivity index (χ0) is 18.0. The van der Waals surface area contributed by atoms with Crippen LogP contribution in [0.15, 0.2) is 47.4 Å². The second-order valence-electron chi connectivity index (χ2n) is 5.27. The first-order valence-corrected chi connectivity index (χ1v) is 7.35. The number of carbonyl (C=O) groups excluding carboxylic acids is 1. The number of anilines is 1. The molecule has 8 nitrogen and oxygen atoms in total. The molecule has 1 amide bonds. The first-order valence-electron chi connectivity index (χ1n) is 7.85. The third-order valence-electron chi connectivity index (χ3n) is 3.66. The van der Waals surface area contributed by atoms with Gasteiger partial charge in [0, 0.05) is 18.2 Å². The number of nitrogens with zero attached hydrogens (tertiary/aromatic N) is 2. The van der Waals surface area contributed by atoms with Gasteiger partial charge in [0.1, 0.15) is 18.1 Å². The SMILES string of the molecule is [2H][C@]1(CO)O[C@@H](n2ccc(NC(=O)c3ccccc3)nc2=O)C[C@@H]1O. The molecule has 3 atom stereocenters. The maximum absolute atomic E-state index is 12.2. The van der Waals surface area contributed by atoms with Crippen molar-refractivity contribution in [2.24, 2.45) is 0 Å². The number of carbonyl (C=O) groups is 1. The van der Waals surface area contributed by atoms with Crippen molar-refractivity contribution in [1.29, 1.82) is 0 Å². The Kier molecular flexibility index (Phi) is 4.32. The normalized spacial score (nSPS) is 26.8. The molecule has 2 heterocycles. The first kappa shape index (κ1) is 15.0. The van der Waals surface area contributed by atoms with Crippen molar-refractivity contribution in [1.82, 2.24) is 9.55 Å². The highest BCUT2D eigenvalue weighted by atomic mass is 16.5. The van der Waals surface area contributed by atoms with E-state index in [4.69, 9.17) is 11.2 Å². The average molecular weight is 332 g/mol. The van der Waals surface area contributed by atoms with Gasteiger partial charge in [-0.05, 0) is 18.2 Å². The number of hydrogen-bond donors (Lipinski definition) is 3. The number of ether oxygens (including phenoxy) is 1. The molecule has 0 saturated carbocycles. The van der Waals surface area contributed by atoms with E-state index in [2.05, 4.69) is 10.3 Å². The third kappa shape index (κ3) is 3.35. The van der Waals surface area contributed by atoms with Crippen LogP contribution in [0, 0.1) is 0 Å². The molecule has 1 aliphatic heterocycles. The summed E-state index contributed by atoms with van der Waals surface area (Å²) < 4.78 is 14.2. The van der Waals surface area contributed by atoms with Gasteiger partial charge in [-0.15, -0.1) is 0 Å². The molecule has 1 aliphatic rings. The molecule has 1 aromatic carbocycles. The molecule has 1 aromatic heterocycles. The standard InChI is InChI=1S/C16H17N3O5/c20-9-12-11(21)8-14(24-12)19-7-6-13(18-16(19)23)17-15(22)10-4-2-1-3-5-10/h1-7,11-12,14,20-21H,8-9H2,(H,17,18,22,23)/t11-,12+,14+/m0/s1/i12D. The van der Waals surface area contributed by atoms with Gasteiger partial charge in [-0.2, -0.15) is 4.98 Å². The summed E-state index contributed by atoms with van der Waals surface area (Å²) in [6, 6.07) is 9.90. The number of aliphatic hydroxyl groups excluding tert-OH is 2. The number of benzene rings is 1. The number of aliphatic hydroxyl groups is 2. The summed E-state index contributed by atoms with van der Waals surface area (Å²) >= 11 is 0. The summed E-state index contributed by atoms with van der Waals surface area (Å²) in [7, 11) is 0. The second-order valence-corrected chi connectivity index (χ2v) is 5.27. The molecule has 2 aromatic rings. The molecule has 3 rings (SSSR count). The van der Waals surface area contributed by atoms with Gasteiger partial charge in [0.15, 0.2) is 0 Å². The summed E-state index contributed by atoms with van der Waals surface area (Å²) in [5.74, 6) is -0.323. The fourth-order valence-electron chi connectivity index (χ4n) is 2.42. The predicted octanol–water partition coefficient (Wildman–Crippen LogP) is 0.136. The maximum atomic E-state index is 12.2. The minimum Gasteiger partial charge on any atom is -0.394 e. The fourth-order valence-corrected chi connectivity index (χ4v) is 2.42. The van der Waals surface area contributed by atoms with Crippen LogP contribution in [0.4, 0.5) is 5.82 Å². The Balaban J connectivity index is 1.76. The zero-order valence-electron chi connectivity index (χ0n) is 13.6. The third-order valence-corrected chi connectivity index (χ3v) is 3.66. The molecule has 0 bridgehead atoms. The lowest BCUT2D eigenvalue weighted by Gasteiger charge is -2.14. The fraction of sp³-hybridized carbons (Fsp3) is 0.312. The van der Waals surface area contributed by atoms with E-state index in [1.807, 2.05) is 0 Å². The highest BCUT2D eigenvalue weighted by molar-refractivity contribution is 6.03. The highest BCUT2D eigenvalue weighted by Gasteiger charge is 2.34. The molecular formula is C16H17N3O5. The topological polar surface area (TPSA) is 114 Å². The average Bonchev–Trinajstić information content (AvgIpc) is 2.91. The summed E-state index contributed by atoms with van der Waals surface area (Å²) in [4.78, 5) is 28.0. The summed E-state index contributed by atoms with van der Waals surface area (Å²) in [5.41, 5.74) is -0.275. The zero-order valence-corrected chi connectivity index (χ0v) is 12.6. The predicted molar refractivity (Wildman–Crippen MR) is 84.5 cm³/mol. The van der Waals surface area contributed by atoms with Gasteiger partial charge in [-0.1, -0.05) is 18.2 Å². The quantitative estimate of drug-likeness (QED) is 0.734. The Bertz CT molecular complexity index is 828. The van der Waals surface area contributed by atoms with Crippen LogP contribution in [0.2, 0.25) is 0 Å². The number of aromatic nitrogens is 2. The Morgan fingerprint density at radius 1 is 1.42 bits per heavy atom. The minimum atomic E-state index is -1.87. The lowest BCUT2D eigenvalue weighted by atomic mass is 10.2. The van der Waals surface area contributed by atoms with Crippen LogP contribution in [0.3, 0.4) is 0 Å². The van der Waals surface area contributed by atoms with E-state index in [0.717, 1.165) is 4.57 Å². The lowest BCUT2D eigenvalue weighted by molar-refractivity contribution is -0.0458. The van der Waals surface area contributed by atoms with Gasteiger partial charge >= 0.3 is 5.69 Å². The van der Waals surface area contributed by atoms with Gasteiger partial charge < -0.3 is 20.3 Å². The largest absolute Gasteiger partial charge is 0.394 e. The van der Waals surface area contributed by atoms with E-state index in [-0.39, 0.29) is 12.2 Å². The molecule has 0 unspecified atom stereocenters. The summed E-state index contributed by atoms with van der Waals surface area (Å²) in [6.07, 6.45) is -2.69. The Labute approximate surface area is 138 Å². The van der Waals surface area contributed by atoms with Crippen LogP contribution in [-0.2, 0) is 4.74 Å². The molecule has 0 radical (unpaired) electrons. The van der Waals surface area contributed by atoms with E-state index in [1.54, 1.807) is 30.3 Å². The molecule has 1 fully saturated rings. The molecular weight excluding hydrogens is 314 g/mol. The van der Waals surface area contributed by atoms with Gasteiger partial charge in [-0.3, -0.25) is 9.36 Å². The molecule has 3 N–H and O–H groups in total. The highest BCUT2D eigenvalue weighted by Crippen LogP contribution is 2.27. The van der Waals surface area contributed by atoms with E-state index < -0.39 is 36.6 Å². The van der Waals surface area contributed by atoms with Gasteiger partial charge in [0.05, 0.1) is 14.1 Å². The molecule has 8 heteroatoms. The number of amides is 1. The van der Waals surface area contributed by atoms with E-state index >= 15 is 0 Å². The van der Waals surface area contributed by atoms with Crippen LogP contribution >= 0.6 is 0 Å². The number of nitrogens with one attached hydrogen (secondary N) is 1. The molecule has 24 heavy (non-hydrogen) atoms. The molecule has 126 valence electrons. The summed E-state index contributed by atoms with van der Waals surface area (Å²) in [6.45, 7) is -0.696. The van der Waals surface area contributed by atoms with Crippen LogP contribution < -0.4 is 11.0 Å². The molecule has 0 spiro atoms. The first-order chi connectivity index (χ1) is 11.9. The lowest BCUT2D eigenvalue weighted by Crippen LogP contribution is -2.28. The Morgan fingerprint density at radius 3 is 2.79 bits per heavy atom. The Hall–Kier alpha value is -2.55. The smallest absolute Gasteiger partial charge is 0.351 e. The van der Waals surface area contributed by atoms with Crippen LogP contribution in [0.1, 0.15) is 24.4 Å². The monoisotopic (exact) mass is 332 g/mol. The number of rotatable bonds is 4. The van der Waals surface area contributed by atoms with Crippen molar-refractivity contribution in [3.63, 3.8) is 0 Å². The summed E-state index contributed by atoms with van der Waals surface area (Å²) in [5, 5.41) is 21.5. The molecule has 1 saturated heterocycles. The van der Waals surface area contributed by atoms with Crippen LogP contribution in [-0.4, -0.2) is 44.5 Å². The van der Waals surface area contributed by atoms with Crippen LogP contribution in [0.25, 0.3) is 0 Å². The van der Waals surface area contributed by atoms with E-state index in [9.17, 15) is 14.7 Å². The number of hydrogen-bond acceptors (Lipinski definition) is 6. The van der Waals surface area contributed by atoms with Crippen molar-refractivity contribution in [3.05, 3.63) is 58.6 Å². The van der Waals surface area contributed by atoms with Gasteiger partial charge in [0.2, 0.25) is 0 Å². The Morgan fingerprint density at radius 2 is 2.17 bits per heavy atom. The van der Waals surface area contributed by atoms with Crippen molar-refractivity contribution < 1.29 is 21.1 Å². The van der Waals surface area contributed by atoms with Crippen molar-refractivity contribution in [2.45, 2.75) is 24.8 Å². The van der Waals surface area contributed by atoms with Crippen molar-refractivity contribution in [3.8, 4) is 0 Å². The van der Waals surface area contributed by atoms with Gasteiger partial charge in [-0.25, -0.2) is 4.79 Å². The molecule has 0 aliphatic carbocycles. The van der Waals surface area contributed by atoms with E-state index in [0.29, 0.717) is 5.56 Å². The van der Waals surface area contributed by atoms with Crippen molar-refractivity contribution in [2.75, 3.05) is 11.9 Å².